The first-order valence-electron chi connectivity index (χ1n) is 6.81. The van der Waals surface area contributed by atoms with E-state index in [0.29, 0.717) is 18.0 Å². The molecule has 1 fully saturated rings. The van der Waals surface area contributed by atoms with Gasteiger partial charge >= 0.3 is 6.18 Å². The van der Waals surface area contributed by atoms with Crippen LogP contribution in [-0.4, -0.2) is 36.5 Å². The van der Waals surface area contributed by atoms with Gasteiger partial charge in [-0.05, 0) is 44.5 Å². The van der Waals surface area contributed by atoms with Crippen molar-refractivity contribution in [2.24, 2.45) is 5.92 Å². The van der Waals surface area contributed by atoms with E-state index in [4.69, 9.17) is 0 Å². The molecular weight excluding hydrogens is 287 g/mol. The largest absolute Gasteiger partial charge is 0.391 e. The van der Waals surface area contributed by atoms with Gasteiger partial charge in [-0.3, -0.25) is 9.69 Å². The molecule has 2 nitrogen and oxygen atoms in total. The Balaban J connectivity index is 1.85. The SMILES string of the molecule is CCc1ccc(C(=O)CN2CCC(C(F)(F)F)CC2)s1. The van der Waals surface area contributed by atoms with Crippen molar-refractivity contribution in [2.75, 3.05) is 19.6 Å². The lowest BCUT2D eigenvalue weighted by atomic mass is 9.96. The molecule has 0 aromatic carbocycles. The molecule has 0 atom stereocenters. The first kappa shape index (κ1) is 15.5. The number of alkyl halides is 3. The molecule has 0 amide bonds. The maximum absolute atomic E-state index is 12.6. The van der Waals surface area contributed by atoms with E-state index in [1.54, 1.807) is 0 Å². The first-order valence-corrected chi connectivity index (χ1v) is 7.62. The lowest BCUT2D eigenvalue weighted by molar-refractivity contribution is -0.184. The lowest BCUT2D eigenvalue weighted by Gasteiger charge is -2.32. The second-order valence-electron chi connectivity index (χ2n) is 5.13. The van der Waals surface area contributed by atoms with Crippen molar-refractivity contribution in [3.8, 4) is 0 Å². The van der Waals surface area contributed by atoms with E-state index in [2.05, 4.69) is 0 Å². The van der Waals surface area contributed by atoms with Gasteiger partial charge in [0.05, 0.1) is 17.3 Å². The van der Waals surface area contributed by atoms with Crippen LogP contribution in [0.1, 0.15) is 34.3 Å². The number of nitrogens with zero attached hydrogens (tertiary/aromatic N) is 1. The number of halogens is 3. The van der Waals surface area contributed by atoms with Gasteiger partial charge < -0.3 is 0 Å². The number of Topliss-reactive ketones (excluding diaryl/α,β-unsaturated/α-hetero) is 1. The highest BCUT2D eigenvalue weighted by molar-refractivity contribution is 7.14. The van der Waals surface area contributed by atoms with Crippen LogP contribution in [0.4, 0.5) is 13.2 Å². The standard InChI is InChI=1S/C14H18F3NOS/c1-2-11-3-4-13(20-11)12(19)9-18-7-5-10(6-8-18)14(15,16)17/h3-4,10H,2,5-9H2,1H3. The molecule has 1 aliphatic heterocycles. The van der Waals surface area contributed by atoms with Crippen molar-refractivity contribution in [1.82, 2.24) is 4.90 Å². The molecule has 2 heterocycles. The van der Waals surface area contributed by atoms with Crippen molar-refractivity contribution in [2.45, 2.75) is 32.4 Å². The normalized spacial score (nSPS) is 18.4. The molecule has 0 saturated carbocycles. The van der Waals surface area contributed by atoms with Gasteiger partial charge in [0, 0.05) is 4.88 Å². The van der Waals surface area contributed by atoms with E-state index in [1.165, 1.54) is 11.3 Å². The minimum absolute atomic E-state index is 0.0140. The molecule has 0 bridgehead atoms. The Kier molecular flexibility index (Phi) is 4.86. The third-order valence-electron chi connectivity index (χ3n) is 3.70. The second kappa shape index (κ2) is 6.26. The number of hydrogen-bond donors (Lipinski definition) is 0. The van der Waals surface area contributed by atoms with Gasteiger partial charge in [0.15, 0.2) is 5.78 Å². The van der Waals surface area contributed by atoms with Crippen LogP contribution in [-0.2, 0) is 6.42 Å². The predicted octanol–water partition coefficient (Wildman–Crippen LogP) is 3.77. The molecular formula is C14H18F3NOS. The van der Waals surface area contributed by atoms with E-state index >= 15 is 0 Å². The lowest BCUT2D eigenvalue weighted by Crippen LogP contribution is -2.41. The van der Waals surface area contributed by atoms with Gasteiger partial charge in [0.1, 0.15) is 0 Å². The number of aryl methyl sites for hydroxylation is 1. The average Bonchev–Trinajstić information content (AvgIpc) is 2.87. The molecule has 1 aliphatic rings. The number of carbonyl (C=O) groups excluding carboxylic acids is 1. The molecule has 0 spiro atoms. The molecule has 1 aromatic heterocycles. The Hall–Kier alpha value is -0.880. The highest BCUT2D eigenvalue weighted by Crippen LogP contribution is 2.34. The van der Waals surface area contributed by atoms with Crippen LogP contribution in [0, 0.1) is 5.92 Å². The summed E-state index contributed by atoms with van der Waals surface area (Å²) in [6.07, 6.45) is -3.00. The number of hydrogen-bond acceptors (Lipinski definition) is 3. The molecule has 1 saturated heterocycles. The Bertz CT molecular complexity index is 461. The van der Waals surface area contributed by atoms with Crippen LogP contribution in [0.3, 0.4) is 0 Å². The monoisotopic (exact) mass is 305 g/mol. The number of ketones is 1. The van der Waals surface area contributed by atoms with Crippen molar-refractivity contribution in [1.29, 1.82) is 0 Å². The summed E-state index contributed by atoms with van der Waals surface area (Å²) in [6, 6.07) is 3.75. The minimum atomic E-state index is -4.10. The van der Waals surface area contributed by atoms with Gasteiger partial charge in [-0.2, -0.15) is 13.2 Å². The smallest absolute Gasteiger partial charge is 0.296 e. The van der Waals surface area contributed by atoms with Crippen molar-refractivity contribution in [3.63, 3.8) is 0 Å². The topological polar surface area (TPSA) is 20.3 Å². The summed E-state index contributed by atoms with van der Waals surface area (Å²) in [5.74, 6) is -1.19. The maximum atomic E-state index is 12.6. The van der Waals surface area contributed by atoms with Gasteiger partial charge in [-0.25, -0.2) is 0 Å². The van der Waals surface area contributed by atoms with Gasteiger partial charge in [-0.15, -0.1) is 11.3 Å². The van der Waals surface area contributed by atoms with Crippen LogP contribution < -0.4 is 0 Å². The summed E-state index contributed by atoms with van der Waals surface area (Å²) >= 11 is 1.48. The van der Waals surface area contributed by atoms with E-state index in [0.717, 1.165) is 11.3 Å². The van der Waals surface area contributed by atoms with Crippen LogP contribution in [0.25, 0.3) is 0 Å². The number of thiophene rings is 1. The van der Waals surface area contributed by atoms with Gasteiger partial charge in [0.2, 0.25) is 0 Å². The summed E-state index contributed by atoms with van der Waals surface area (Å²) in [4.78, 5) is 15.8. The van der Waals surface area contributed by atoms with Crippen molar-refractivity contribution < 1.29 is 18.0 Å². The highest BCUT2D eigenvalue weighted by Gasteiger charge is 2.41. The van der Waals surface area contributed by atoms with E-state index in [1.807, 2.05) is 24.0 Å². The molecule has 112 valence electrons. The van der Waals surface area contributed by atoms with Crippen molar-refractivity contribution in [3.05, 3.63) is 21.9 Å². The van der Waals surface area contributed by atoms with Crippen LogP contribution in [0.5, 0.6) is 0 Å². The molecule has 6 heteroatoms. The van der Waals surface area contributed by atoms with E-state index in [-0.39, 0.29) is 25.2 Å². The number of carbonyl (C=O) groups is 1. The van der Waals surface area contributed by atoms with E-state index in [9.17, 15) is 18.0 Å². The van der Waals surface area contributed by atoms with Crippen LogP contribution >= 0.6 is 11.3 Å². The van der Waals surface area contributed by atoms with E-state index < -0.39 is 12.1 Å². The predicted molar refractivity (Wildman–Crippen MR) is 73.2 cm³/mol. The van der Waals surface area contributed by atoms with Crippen LogP contribution in [0.15, 0.2) is 12.1 Å². The van der Waals surface area contributed by atoms with Gasteiger partial charge in [-0.1, -0.05) is 6.92 Å². The quantitative estimate of drug-likeness (QED) is 0.789. The fourth-order valence-corrected chi connectivity index (χ4v) is 3.29. The third kappa shape index (κ3) is 3.82. The van der Waals surface area contributed by atoms with Gasteiger partial charge in [0.25, 0.3) is 0 Å². The molecule has 1 aromatic rings. The summed E-state index contributed by atoms with van der Waals surface area (Å²) < 4.78 is 37.7. The number of piperidine rings is 1. The zero-order valence-electron chi connectivity index (χ0n) is 11.4. The summed E-state index contributed by atoms with van der Waals surface area (Å²) in [5, 5.41) is 0. The summed E-state index contributed by atoms with van der Waals surface area (Å²) in [6.45, 7) is 2.96. The second-order valence-corrected chi connectivity index (χ2v) is 6.30. The summed E-state index contributed by atoms with van der Waals surface area (Å²) in [5.41, 5.74) is 0. The van der Waals surface area contributed by atoms with Crippen LogP contribution in [0.2, 0.25) is 0 Å². The molecule has 0 radical (unpaired) electrons. The number of likely N-dealkylation sites (tertiary alicyclic amines) is 1. The highest BCUT2D eigenvalue weighted by atomic mass is 32.1. The molecule has 2 rings (SSSR count). The zero-order valence-corrected chi connectivity index (χ0v) is 12.2. The average molecular weight is 305 g/mol. The molecule has 0 N–H and O–H groups in total. The minimum Gasteiger partial charge on any atom is -0.296 e. The summed E-state index contributed by atoms with van der Waals surface area (Å²) in [7, 11) is 0. The Morgan fingerprint density at radius 3 is 2.50 bits per heavy atom. The number of rotatable bonds is 4. The Morgan fingerprint density at radius 2 is 2.00 bits per heavy atom. The maximum Gasteiger partial charge on any atom is 0.391 e. The first-order chi connectivity index (χ1) is 9.40. The molecule has 0 aliphatic carbocycles. The third-order valence-corrected chi connectivity index (χ3v) is 4.97. The molecule has 0 unspecified atom stereocenters. The fraction of sp³-hybridized carbons (Fsp3) is 0.643. The fourth-order valence-electron chi connectivity index (χ4n) is 2.42. The van der Waals surface area contributed by atoms with Crippen molar-refractivity contribution >= 4 is 17.1 Å². The molecule has 20 heavy (non-hydrogen) atoms. The Labute approximate surface area is 120 Å². The Morgan fingerprint density at radius 1 is 1.35 bits per heavy atom. The zero-order chi connectivity index (χ0) is 14.8.